The molecule has 1 saturated heterocycles. The third-order valence-corrected chi connectivity index (χ3v) is 3.66. The number of hydrogen-bond donors (Lipinski definition) is 1. The number of aliphatic hydroxyl groups is 1. The number of aromatic nitrogens is 1. The Balaban J connectivity index is 2.00. The normalized spacial score (nSPS) is 21.8. The first-order valence-electron chi connectivity index (χ1n) is 6.80. The van der Waals surface area contributed by atoms with E-state index in [-0.39, 0.29) is 18.1 Å². The van der Waals surface area contributed by atoms with Crippen LogP contribution in [-0.2, 0) is 0 Å². The van der Waals surface area contributed by atoms with Crippen molar-refractivity contribution in [2.75, 3.05) is 26.2 Å². The molecule has 1 aromatic rings. The van der Waals surface area contributed by atoms with Crippen LogP contribution in [0.2, 0.25) is 5.02 Å². The number of amides is 1. The van der Waals surface area contributed by atoms with Crippen LogP contribution < -0.4 is 0 Å². The Morgan fingerprint density at radius 2 is 2.30 bits per heavy atom. The largest absolute Gasteiger partial charge is 0.392 e. The Labute approximate surface area is 124 Å². The number of piperazine rings is 1. The topological polar surface area (TPSA) is 56.7 Å². The number of pyridine rings is 1. The van der Waals surface area contributed by atoms with Gasteiger partial charge in [0.2, 0.25) is 0 Å². The molecule has 1 aliphatic heterocycles. The lowest BCUT2D eigenvalue weighted by Gasteiger charge is -2.40. The number of nitrogens with zero attached hydrogens (tertiary/aromatic N) is 3. The summed E-state index contributed by atoms with van der Waals surface area (Å²) in [5, 5.41) is 9.95. The van der Waals surface area contributed by atoms with E-state index in [9.17, 15) is 9.90 Å². The third kappa shape index (κ3) is 3.69. The zero-order valence-corrected chi connectivity index (χ0v) is 12.5. The van der Waals surface area contributed by atoms with E-state index in [4.69, 9.17) is 11.6 Å². The Hall–Kier alpha value is -1.17. The molecule has 0 unspecified atom stereocenters. The van der Waals surface area contributed by atoms with Gasteiger partial charge in [-0.25, -0.2) is 4.98 Å². The van der Waals surface area contributed by atoms with Gasteiger partial charge < -0.3 is 10.0 Å². The fourth-order valence-electron chi connectivity index (χ4n) is 2.52. The van der Waals surface area contributed by atoms with Gasteiger partial charge in [-0.1, -0.05) is 11.6 Å². The zero-order chi connectivity index (χ0) is 14.7. The number of rotatable bonds is 3. The second kappa shape index (κ2) is 6.52. The summed E-state index contributed by atoms with van der Waals surface area (Å²) in [7, 11) is 0. The Morgan fingerprint density at radius 1 is 1.55 bits per heavy atom. The minimum Gasteiger partial charge on any atom is -0.392 e. The summed E-state index contributed by atoms with van der Waals surface area (Å²) < 4.78 is 0. The summed E-state index contributed by atoms with van der Waals surface area (Å²) in [6, 6.07) is 3.43. The molecule has 5 nitrogen and oxygen atoms in total. The highest BCUT2D eigenvalue weighted by molar-refractivity contribution is 6.30. The quantitative estimate of drug-likeness (QED) is 0.913. The van der Waals surface area contributed by atoms with Gasteiger partial charge in [-0.2, -0.15) is 0 Å². The molecule has 0 saturated carbocycles. The first-order chi connectivity index (χ1) is 9.47. The van der Waals surface area contributed by atoms with Crippen LogP contribution in [0.1, 0.15) is 24.3 Å². The summed E-state index contributed by atoms with van der Waals surface area (Å²) in [6.45, 7) is 6.63. The van der Waals surface area contributed by atoms with Crippen LogP contribution in [0.4, 0.5) is 0 Å². The second-order valence-corrected chi connectivity index (χ2v) is 5.75. The van der Waals surface area contributed by atoms with Crippen molar-refractivity contribution < 1.29 is 9.90 Å². The van der Waals surface area contributed by atoms with Crippen molar-refractivity contribution in [3.05, 3.63) is 29.0 Å². The summed E-state index contributed by atoms with van der Waals surface area (Å²) in [4.78, 5) is 20.5. The van der Waals surface area contributed by atoms with Crippen molar-refractivity contribution in [1.82, 2.24) is 14.8 Å². The molecule has 6 heteroatoms. The van der Waals surface area contributed by atoms with Crippen LogP contribution in [-0.4, -0.2) is 64.1 Å². The van der Waals surface area contributed by atoms with E-state index in [1.165, 1.54) is 6.20 Å². The molecule has 2 atom stereocenters. The smallest absolute Gasteiger partial charge is 0.272 e. The van der Waals surface area contributed by atoms with Crippen molar-refractivity contribution in [1.29, 1.82) is 0 Å². The third-order valence-electron chi connectivity index (χ3n) is 3.44. The first-order valence-corrected chi connectivity index (χ1v) is 7.18. The molecule has 0 aliphatic carbocycles. The second-order valence-electron chi connectivity index (χ2n) is 5.32. The number of carbonyl (C=O) groups excluding carboxylic acids is 1. The van der Waals surface area contributed by atoms with Gasteiger partial charge >= 0.3 is 0 Å². The van der Waals surface area contributed by atoms with Crippen LogP contribution in [0.5, 0.6) is 0 Å². The lowest BCUT2D eigenvalue weighted by molar-refractivity contribution is 0.0378. The number of β-amino-alcohol motifs (C(OH)–C–C–N with tert-alkyl or cyclic N) is 1. The van der Waals surface area contributed by atoms with Gasteiger partial charge in [0, 0.05) is 38.4 Å². The van der Waals surface area contributed by atoms with Gasteiger partial charge in [0.25, 0.3) is 5.91 Å². The maximum Gasteiger partial charge on any atom is 0.272 e. The minimum absolute atomic E-state index is 0.0640. The van der Waals surface area contributed by atoms with Crippen molar-refractivity contribution in [2.24, 2.45) is 0 Å². The number of aliphatic hydroxyl groups excluding tert-OH is 1. The average Bonchev–Trinajstić information content (AvgIpc) is 2.38. The maximum atomic E-state index is 12.4. The monoisotopic (exact) mass is 297 g/mol. The van der Waals surface area contributed by atoms with E-state index in [1.807, 2.05) is 11.8 Å². The molecule has 1 amide bonds. The van der Waals surface area contributed by atoms with Crippen molar-refractivity contribution in [3.63, 3.8) is 0 Å². The van der Waals surface area contributed by atoms with E-state index in [0.717, 1.165) is 13.1 Å². The predicted octanol–water partition coefficient (Wildman–Crippen LogP) is 1.26. The summed E-state index contributed by atoms with van der Waals surface area (Å²) in [5.41, 5.74) is 0.422. The molecule has 20 heavy (non-hydrogen) atoms. The molecule has 1 aromatic heterocycles. The van der Waals surface area contributed by atoms with Gasteiger partial charge in [0.15, 0.2) is 0 Å². The first kappa shape index (κ1) is 15.2. The van der Waals surface area contributed by atoms with E-state index in [0.29, 0.717) is 23.8 Å². The Morgan fingerprint density at radius 3 is 2.85 bits per heavy atom. The highest BCUT2D eigenvalue weighted by Crippen LogP contribution is 2.14. The predicted molar refractivity (Wildman–Crippen MR) is 77.9 cm³/mol. The molecule has 1 aliphatic rings. The van der Waals surface area contributed by atoms with Gasteiger partial charge in [0.05, 0.1) is 11.1 Å². The zero-order valence-electron chi connectivity index (χ0n) is 11.8. The Kier molecular flexibility index (Phi) is 4.96. The minimum atomic E-state index is -0.345. The van der Waals surface area contributed by atoms with Crippen molar-refractivity contribution >= 4 is 17.5 Å². The van der Waals surface area contributed by atoms with Gasteiger partial charge in [-0.15, -0.1) is 0 Å². The number of carbonyl (C=O) groups is 1. The van der Waals surface area contributed by atoms with Crippen molar-refractivity contribution in [3.8, 4) is 0 Å². The molecule has 2 heterocycles. The van der Waals surface area contributed by atoms with E-state index >= 15 is 0 Å². The molecule has 2 rings (SSSR count). The SMILES string of the molecule is C[C@H](O)CN1CCN(C(=O)c2ccc(Cl)cn2)[C@@H](C)C1. The van der Waals surface area contributed by atoms with E-state index in [1.54, 1.807) is 19.1 Å². The molecule has 0 aromatic carbocycles. The highest BCUT2D eigenvalue weighted by atomic mass is 35.5. The average molecular weight is 298 g/mol. The number of hydrogen-bond acceptors (Lipinski definition) is 4. The molecule has 1 fully saturated rings. The van der Waals surface area contributed by atoms with Crippen LogP contribution in [0.3, 0.4) is 0 Å². The van der Waals surface area contributed by atoms with Crippen LogP contribution >= 0.6 is 11.6 Å². The summed E-state index contributed by atoms with van der Waals surface area (Å²) in [5.74, 6) is -0.0640. The summed E-state index contributed by atoms with van der Waals surface area (Å²) >= 11 is 5.78. The molecule has 0 radical (unpaired) electrons. The molecule has 0 spiro atoms. The molecule has 110 valence electrons. The maximum absolute atomic E-state index is 12.4. The lowest BCUT2D eigenvalue weighted by atomic mass is 10.1. The van der Waals surface area contributed by atoms with Crippen LogP contribution in [0.25, 0.3) is 0 Å². The van der Waals surface area contributed by atoms with E-state index in [2.05, 4.69) is 9.88 Å². The van der Waals surface area contributed by atoms with Gasteiger partial charge in [-0.05, 0) is 26.0 Å². The number of halogens is 1. The van der Waals surface area contributed by atoms with Crippen molar-refractivity contribution in [2.45, 2.75) is 26.0 Å². The molecule has 1 N–H and O–H groups in total. The standard InChI is InChI=1S/C14H20ClN3O2/c1-10-8-17(9-11(2)19)5-6-18(10)14(20)13-4-3-12(15)7-16-13/h3-4,7,10-11,19H,5-6,8-9H2,1-2H3/t10-,11-/m0/s1. The van der Waals surface area contributed by atoms with Gasteiger partial charge in [-0.3, -0.25) is 9.69 Å². The molecule has 0 bridgehead atoms. The Bertz CT molecular complexity index is 464. The molecular weight excluding hydrogens is 278 g/mol. The fraction of sp³-hybridized carbons (Fsp3) is 0.571. The van der Waals surface area contributed by atoms with Gasteiger partial charge in [0.1, 0.15) is 5.69 Å². The van der Waals surface area contributed by atoms with Crippen LogP contribution in [0, 0.1) is 0 Å². The lowest BCUT2D eigenvalue weighted by Crippen LogP contribution is -2.55. The van der Waals surface area contributed by atoms with E-state index < -0.39 is 0 Å². The van der Waals surface area contributed by atoms with Crippen LogP contribution in [0.15, 0.2) is 18.3 Å². The highest BCUT2D eigenvalue weighted by Gasteiger charge is 2.28. The molecular formula is C14H20ClN3O2. The fourth-order valence-corrected chi connectivity index (χ4v) is 2.64. The summed E-state index contributed by atoms with van der Waals surface area (Å²) in [6.07, 6.45) is 1.14.